The van der Waals surface area contributed by atoms with Crippen LogP contribution in [0.25, 0.3) is 32.7 Å². The molecule has 4 heteroatoms. The third-order valence-corrected chi connectivity index (χ3v) is 16.1. The number of allylic oxidation sites excluding steroid dienone is 1. The van der Waals surface area contributed by atoms with Gasteiger partial charge in [0, 0.05) is 36.5 Å². The summed E-state index contributed by atoms with van der Waals surface area (Å²) in [6.45, 7) is 16.3. The van der Waals surface area contributed by atoms with Crippen LogP contribution in [0.1, 0.15) is 121 Å². The normalized spacial score (nSPS) is 25.1. The first-order chi connectivity index (χ1) is 29.9. The molecule has 11 rings (SSSR count). The lowest BCUT2D eigenvalue weighted by Gasteiger charge is -2.67. The predicted molar refractivity (Wildman–Crippen MR) is 276 cm³/mol. The standard InChI is InChI=1S/C59H58OS3/c1-37-26-43(21-20-41-22-24-44(25-23-41)56-31-57(61)34-58(62,32-56)36-59(63,33-56)35-57)27-38(2)51(37)54(60-30-42-14-8-9-15-42)53-48-18-12-10-16-46(48)52(47-17-11-13-19-49(47)53)50-39(3)28-45(29-40(50)4)55(5,6)7/h8-14,16-19,22-29,54,61-63H,30-36H2,1-7H3. The van der Waals surface area contributed by atoms with E-state index in [1.54, 1.807) is 0 Å². The van der Waals surface area contributed by atoms with E-state index in [4.69, 9.17) is 42.6 Å². The quantitative estimate of drug-likeness (QED) is 0.0627. The van der Waals surface area contributed by atoms with Crippen molar-refractivity contribution in [3.05, 3.63) is 182 Å². The van der Waals surface area contributed by atoms with E-state index in [0.29, 0.717) is 6.61 Å². The van der Waals surface area contributed by atoms with Crippen LogP contribution in [0.5, 0.6) is 0 Å². The third-order valence-electron chi connectivity index (χ3n) is 14.6. The van der Waals surface area contributed by atoms with Gasteiger partial charge in [-0.3, -0.25) is 0 Å². The lowest BCUT2D eigenvalue weighted by atomic mass is 9.47. The van der Waals surface area contributed by atoms with Gasteiger partial charge in [-0.25, -0.2) is 0 Å². The van der Waals surface area contributed by atoms with Gasteiger partial charge >= 0.3 is 0 Å². The number of thiol groups is 3. The molecule has 6 aromatic carbocycles. The SMILES string of the molecule is Cc1cc(C(C)(C)C)cc(C)c1-c1c2ccccc2c(C(OCC2=C=CC=C2)c2c(C)cc(C#Cc3ccc(C45CC6(S)CC(S)(CC(S)(C6)C4)C5)cc3)cc2C)c2ccccc12. The van der Waals surface area contributed by atoms with Crippen molar-refractivity contribution in [2.45, 2.75) is 118 Å². The van der Waals surface area contributed by atoms with Crippen molar-refractivity contribution in [1.82, 2.24) is 0 Å². The van der Waals surface area contributed by atoms with Gasteiger partial charge in [0.1, 0.15) is 6.10 Å². The van der Waals surface area contributed by atoms with Crippen LogP contribution in [0.15, 0.2) is 127 Å². The molecule has 0 amide bonds. The first-order valence-electron chi connectivity index (χ1n) is 22.6. The highest BCUT2D eigenvalue weighted by Crippen LogP contribution is 2.70. The summed E-state index contributed by atoms with van der Waals surface area (Å²) in [5.74, 6) is 7.07. The zero-order chi connectivity index (χ0) is 44.1. The zero-order valence-corrected chi connectivity index (χ0v) is 40.4. The van der Waals surface area contributed by atoms with Gasteiger partial charge in [-0.15, -0.1) is 5.73 Å². The molecule has 4 fully saturated rings. The minimum atomic E-state index is -0.342. The number of ether oxygens (including phenoxy) is 1. The van der Waals surface area contributed by atoms with E-state index in [1.165, 1.54) is 66.1 Å². The van der Waals surface area contributed by atoms with E-state index in [9.17, 15) is 0 Å². The van der Waals surface area contributed by atoms with E-state index >= 15 is 0 Å². The van der Waals surface area contributed by atoms with E-state index in [2.05, 4.69) is 169 Å². The van der Waals surface area contributed by atoms with Crippen LogP contribution in [0.3, 0.4) is 0 Å². The van der Waals surface area contributed by atoms with Crippen LogP contribution in [-0.2, 0) is 15.6 Å². The summed E-state index contributed by atoms with van der Waals surface area (Å²) in [5.41, 5.74) is 19.2. The van der Waals surface area contributed by atoms with Crippen molar-refractivity contribution in [3.63, 3.8) is 0 Å². The first kappa shape index (κ1) is 42.6. The second-order valence-electron chi connectivity index (χ2n) is 20.9. The summed E-state index contributed by atoms with van der Waals surface area (Å²) in [5, 5.41) is 4.89. The Kier molecular flexibility index (Phi) is 10.4. The van der Waals surface area contributed by atoms with Crippen molar-refractivity contribution in [3.8, 4) is 23.0 Å². The molecule has 63 heavy (non-hydrogen) atoms. The van der Waals surface area contributed by atoms with Crippen LogP contribution in [0.2, 0.25) is 0 Å². The Morgan fingerprint density at radius 2 is 1.11 bits per heavy atom. The van der Waals surface area contributed by atoms with E-state index in [1.807, 2.05) is 12.2 Å². The summed E-state index contributed by atoms with van der Waals surface area (Å²) in [7, 11) is 0. The minimum absolute atomic E-state index is 0.00531. The number of fused-ring (bicyclic) bond motifs is 2. The number of rotatable bonds is 7. The predicted octanol–water partition coefficient (Wildman–Crippen LogP) is 15.0. The van der Waals surface area contributed by atoms with E-state index in [0.717, 1.165) is 66.4 Å². The van der Waals surface area contributed by atoms with E-state index in [-0.39, 0.29) is 31.2 Å². The Balaban J connectivity index is 1.05. The van der Waals surface area contributed by atoms with Crippen LogP contribution in [-0.4, -0.2) is 20.8 Å². The summed E-state index contributed by atoms with van der Waals surface area (Å²) < 4.78 is 7.20. The summed E-state index contributed by atoms with van der Waals surface area (Å²) in [6, 6.07) is 36.2. The largest absolute Gasteiger partial charge is 0.363 e. The second-order valence-corrected chi connectivity index (χ2v) is 23.7. The Morgan fingerprint density at radius 1 is 0.603 bits per heavy atom. The van der Waals surface area contributed by atoms with Gasteiger partial charge in [-0.05, 0) is 185 Å². The molecule has 5 aliphatic rings. The molecule has 0 heterocycles. The maximum atomic E-state index is 7.19. The number of hydrogen-bond acceptors (Lipinski definition) is 4. The highest BCUT2D eigenvalue weighted by atomic mass is 32.1. The van der Waals surface area contributed by atoms with Crippen molar-refractivity contribution < 1.29 is 4.74 Å². The average Bonchev–Trinajstić information content (AvgIpc) is 3.73. The molecule has 1 atom stereocenters. The molecule has 0 saturated heterocycles. The second kappa shape index (κ2) is 15.4. The van der Waals surface area contributed by atoms with E-state index < -0.39 is 0 Å². The fourth-order valence-corrected chi connectivity index (χ4v) is 15.8. The molecule has 4 saturated carbocycles. The van der Waals surface area contributed by atoms with Gasteiger partial charge in [-0.1, -0.05) is 111 Å². The van der Waals surface area contributed by atoms with Crippen molar-refractivity contribution >= 4 is 59.4 Å². The summed E-state index contributed by atoms with van der Waals surface area (Å²) >= 11 is 15.8. The first-order valence-corrected chi connectivity index (χ1v) is 24.0. The molecule has 4 bridgehead atoms. The van der Waals surface area contributed by atoms with Crippen molar-refractivity contribution in [2.24, 2.45) is 0 Å². The Morgan fingerprint density at radius 3 is 1.60 bits per heavy atom. The van der Waals surface area contributed by atoms with Crippen LogP contribution >= 0.6 is 37.9 Å². The van der Waals surface area contributed by atoms with Gasteiger partial charge in [0.15, 0.2) is 0 Å². The monoisotopic (exact) mass is 878 g/mol. The Hall–Kier alpha value is -4.33. The number of aryl methyl sites for hydroxylation is 4. The van der Waals surface area contributed by atoms with Crippen LogP contribution in [0, 0.1) is 39.5 Å². The highest BCUT2D eigenvalue weighted by Gasteiger charge is 2.66. The lowest BCUT2D eigenvalue weighted by molar-refractivity contribution is 0.0510. The van der Waals surface area contributed by atoms with Gasteiger partial charge in [0.25, 0.3) is 0 Å². The van der Waals surface area contributed by atoms with Gasteiger partial charge in [0.2, 0.25) is 0 Å². The minimum Gasteiger partial charge on any atom is -0.363 e. The summed E-state index contributed by atoms with van der Waals surface area (Å²) in [4.78, 5) is 0. The molecular weight excluding hydrogens is 821 g/mol. The lowest BCUT2D eigenvalue weighted by Crippen LogP contribution is -2.66. The third kappa shape index (κ3) is 7.67. The average molecular weight is 879 g/mol. The highest BCUT2D eigenvalue weighted by molar-refractivity contribution is 7.84. The summed E-state index contributed by atoms with van der Waals surface area (Å²) in [6.07, 6.45) is 12.3. The maximum absolute atomic E-state index is 7.19. The van der Waals surface area contributed by atoms with Crippen LogP contribution < -0.4 is 0 Å². The topological polar surface area (TPSA) is 9.23 Å². The Labute approximate surface area is 391 Å². The Bertz CT molecular complexity index is 2870. The molecule has 0 aromatic heterocycles. The molecule has 5 aliphatic carbocycles. The molecule has 6 aromatic rings. The smallest absolute Gasteiger partial charge is 0.110 e. The molecule has 1 nitrogen and oxygen atoms in total. The number of benzene rings is 6. The molecule has 0 radical (unpaired) electrons. The van der Waals surface area contributed by atoms with Gasteiger partial charge in [-0.2, -0.15) is 37.9 Å². The van der Waals surface area contributed by atoms with Crippen LogP contribution in [0.4, 0.5) is 0 Å². The van der Waals surface area contributed by atoms with Crippen molar-refractivity contribution in [2.75, 3.05) is 6.61 Å². The maximum Gasteiger partial charge on any atom is 0.110 e. The molecule has 0 aliphatic heterocycles. The van der Waals surface area contributed by atoms with Crippen molar-refractivity contribution in [1.29, 1.82) is 0 Å². The fraction of sp³-hybridized carbons (Fsp3) is 0.339. The molecule has 0 spiro atoms. The molecule has 318 valence electrons. The molecule has 1 unspecified atom stereocenters. The fourth-order valence-electron chi connectivity index (χ4n) is 12.7. The van der Waals surface area contributed by atoms with Gasteiger partial charge in [0.05, 0.1) is 6.61 Å². The molecule has 0 N–H and O–H groups in total. The molecular formula is C59H58OS3. The number of hydrogen-bond donors (Lipinski definition) is 3. The zero-order valence-electron chi connectivity index (χ0n) is 37.7. The van der Waals surface area contributed by atoms with Gasteiger partial charge < -0.3 is 4.74 Å².